The molecule has 25 heavy (non-hydrogen) atoms. The Kier molecular flexibility index (Phi) is 5.91. The lowest BCUT2D eigenvalue weighted by molar-refractivity contribution is -0.140. The van der Waals surface area contributed by atoms with Crippen LogP contribution in [0.4, 0.5) is 0 Å². The molecule has 5 nitrogen and oxygen atoms in total. The average Bonchev–Trinajstić information content (AvgIpc) is 2.62. The van der Waals surface area contributed by atoms with E-state index >= 15 is 0 Å². The highest BCUT2D eigenvalue weighted by molar-refractivity contribution is 6.19. The second kappa shape index (κ2) is 8.11. The molecular formula is C20H20N2O3. The standard InChI is InChI=1S/C20H20N2O3/c1-4-10-22-19(23)17(14(3)18(13-21)20(22)24)12-15-6-8-16(9-7-15)25-11-5-2/h5-9,12H,2,4,10-11H2,1,3H3/b17-12+. The lowest BCUT2D eigenvalue weighted by atomic mass is 9.93. The quantitative estimate of drug-likeness (QED) is 0.454. The van der Waals surface area contributed by atoms with Gasteiger partial charge in [0.15, 0.2) is 0 Å². The largest absolute Gasteiger partial charge is 0.490 e. The van der Waals surface area contributed by atoms with Gasteiger partial charge in [-0.2, -0.15) is 5.26 Å². The van der Waals surface area contributed by atoms with Crippen molar-refractivity contribution in [2.45, 2.75) is 20.3 Å². The van der Waals surface area contributed by atoms with Crippen LogP contribution in [0, 0.1) is 11.3 Å². The Balaban J connectivity index is 2.41. The number of carbonyl (C=O) groups excluding carboxylic acids is 2. The molecule has 1 aliphatic rings. The molecule has 2 amide bonds. The molecule has 0 atom stereocenters. The monoisotopic (exact) mass is 336 g/mol. The fraction of sp³-hybridized carbons (Fsp3) is 0.250. The van der Waals surface area contributed by atoms with Crippen molar-refractivity contribution >= 4 is 17.9 Å². The summed E-state index contributed by atoms with van der Waals surface area (Å²) in [5.74, 6) is -0.183. The highest BCUT2D eigenvalue weighted by Gasteiger charge is 2.34. The van der Waals surface area contributed by atoms with Gasteiger partial charge in [-0.3, -0.25) is 14.5 Å². The number of hydrogen-bond acceptors (Lipinski definition) is 4. The van der Waals surface area contributed by atoms with Crippen LogP contribution < -0.4 is 4.74 Å². The third-order valence-electron chi connectivity index (χ3n) is 3.83. The van der Waals surface area contributed by atoms with Crippen LogP contribution in [0.25, 0.3) is 6.08 Å². The molecule has 0 aromatic heterocycles. The highest BCUT2D eigenvalue weighted by atomic mass is 16.5. The van der Waals surface area contributed by atoms with Gasteiger partial charge in [0.1, 0.15) is 24.0 Å². The predicted octanol–water partition coefficient (Wildman–Crippen LogP) is 3.25. The summed E-state index contributed by atoms with van der Waals surface area (Å²) in [5, 5.41) is 9.29. The van der Waals surface area contributed by atoms with Crippen molar-refractivity contribution < 1.29 is 14.3 Å². The van der Waals surface area contributed by atoms with E-state index in [0.29, 0.717) is 36.5 Å². The summed E-state index contributed by atoms with van der Waals surface area (Å²) in [5.41, 5.74) is 1.59. The molecular weight excluding hydrogens is 316 g/mol. The van der Waals surface area contributed by atoms with Crippen LogP contribution in [-0.4, -0.2) is 29.9 Å². The molecule has 0 unspecified atom stereocenters. The summed E-state index contributed by atoms with van der Waals surface area (Å²) >= 11 is 0. The van der Waals surface area contributed by atoms with Crippen LogP contribution in [0.15, 0.2) is 53.6 Å². The molecule has 0 saturated heterocycles. The van der Waals surface area contributed by atoms with Crippen LogP contribution in [0.3, 0.4) is 0 Å². The van der Waals surface area contributed by atoms with Crippen molar-refractivity contribution in [3.05, 3.63) is 59.2 Å². The minimum atomic E-state index is -0.517. The van der Waals surface area contributed by atoms with E-state index in [1.807, 2.05) is 25.1 Å². The molecule has 0 spiro atoms. The van der Waals surface area contributed by atoms with Gasteiger partial charge >= 0.3 is 0 Å². The summed E-state index contributed by atoms with van der Waals surface area (Å²) < 4.78 is 5.43. The van der Waals surface area contributed by atoms with Crippen molar-refractivity contribution in [3.8, 4) is 11.8 Å². The maximum Gasteiger partial charge on any atom is 0.271 e. The van der Waals surface area contributed by atoms with Crippen LogP contribution >= 0.6 is 0 Å². The number of rotatable bonds is 6. The first kappa shape index (κ1) is 18.2. The van der Waals surface area contributed by atoms with Crippen LogP contribution in [0.2, 0.25) is 0 Å². The van der Waals surface area contributed by atoms with Gasteiger partial charge < -0.3 is 4.74 Å². The Morgan fingerprint density at radius 1 is 1.24 bits per heavy atom. The number of amides is 2. The van der Waals surface area contributed by atoms with Crippen molar-refractivity contribution in [2.24, 2.45) is 0 Å². The molecule has 1 aromatic carbocycles. The molecule has 128 valence electrons. The number of nitriles is 1. The highest BCUT2D eigenvalue weighted by Crippen LogP contribution is 2.27. The van der Waals surface area contributed by atoms with Crippen molar-refractivity contribution in [1.82, 2.24) is 4.90 Å². The van der Waals surface area contributed by atoms with Crippen molar-refractivity contribution in [3.63, 3.8) is 0 Å². The van der Waals surface area contributed by atoms with E-state index in [4.69, 9.17) is 4.74 Å². The van der Waals surface area contributed by atoms with E-state index in [9.17, 15) is 14.9 Å². The van der Waals surface area contributed by atoms with Gasteiger partial charge in [-0.05, 0) is 42.7 Å². The van der Waals surface area contributed by atoms with E-state index in [2.05, 4.69) is 6.58 Å². The number of nitrogens with zero attached hydrogens (tertiary/aromatic N) is 2. The Hall–Kier alpha value is -3.13. The SMILES string of the molecule is C=CCOc1ccc(/C=C2/C(=O)N(CCC)C(=O)C(C#N)=C2C)cc1. The molecule has 0 saturated carbocycles. The zero-order chi connectivity index (χ0) is 18.4. The average molecular weight is 336 g/mol. The Morgan fingerprint density at radius 3 is 2.48 bits per heavy atom. The summed E-state index contributed by atoms with van der Waals surface area (Å²) in [4.78, 5) is 26.1. The first-order chi connectivity index (χ1) is 12.0. The minimum Gasteiger partial charge on any atom is -0.490 e. The van der Waals surface area contributed by atoms with Gasteiger partial charge in [-0.1, -0.05) is 31.7 Å². The van der Waals surface area contributed by atoms with Gasteiger partial charge in [0.2, 0.25) is 0 Å². The minimum absolute atomic E-state index is 0.0187. The number of carbonyl (C=O) groups is 2. The van der Waals surface area contributed by atoms with E-state index in [-0.39, 0.29) is 11.5 Å². The van der Waals surface area contributed by atoms with Gasteiger partial charge in [-0.15, -0.1) is 0 Å². The third kappa shape index (κ3) is 3.86. The van der Waals surface area contributed by atoms with Crippen molar-refractivity contribution in [1.29, 1.82) is 5.26 Å². The molecule has 1 aliphatic heterocycles. The number of ether oxygens (including phenoxy) is 1. The van der Waals surface area contributed by atoms with Crippen LogP contribution in [0.1, 0.15) is 25.8 Å². The molecule has 0 N–H and O–H groups in total. The van der Waals surface area contributed by atoms with Gasteiger partial charge in [0, 0.05) is 12.1 Å². The lowest BCUT2D eigenvalue weighted by Crippen LogP contribution is -2.43. The van der Waals surface area contributed by atoms with Crippen molar-refractivity contribution in [2.75, 3.05) is 13.2 Å². The molecule has 1 heterocycles. The van der Waals surface area contributed by atoms with Gasteiger partial charge in [0.25, 0.3) is 11.8 Å². The number of hydrogen-bond donors (Lipinski definition) is 0. The van der Waals surface area contributed by atoms with E-state index < -0.39 is 5.91 Å². The summed E-state index contributed by atoms with van der Waals surface area (Å²) in [6, 6.07) is 9.15. The number of imide groups is 1. The molecule has 5 heteroatoms. The summed E-state index contributed by atoms with van der Waals surface area (Å²) in [6.07, 6.45) is 3.99. The van der Waals surface area contributed by atoms with E-state index in [0.717, 1.165) is 10.5 Å². The molecule has 2 rings (SSSR count). The normalized spacial score (nSPS) is 16.2. The third-order valence-corrected chi connectivity index (χ3v) is 3.83. The Morgan fingerprint density at radius 2 is 1.92 bits per heavy atom. The smallest absolute Gasteiger partial charge is 0.271 e. The Labute approximate surface area is 147 Å². The second-order valence-corrected chi connectivity index (χ2v) is 5.60. The topological polar surface area (TPSA) is 70.4 Å². The molecule has 0 radical (unpaired) electrons. The maximum absolute atomic E-state index is 12.7. The van der Waals surface area contributed by atoms with E-state index in [1.54, 1.807) is 31.2 Å². The molecule has 0 aliphatic carbocycles. The second-order valence-electron chi connectivity index (χ2n) is 5.60. The Bertz CT molecular complexity index is 795. The fourth-order valence-electron chi connectivity index (χ4n) is 2.54. The maximum atomic E-state index is 12.7. The zero-order valence-electron chi connectivity index (χ0n) is 14.4. The van der Waals surface area contributed by atoms with E-state index in [1.165, 1.54) is 0 Å². The van der Waals surface area contributed by atoms with Crippen LogP contribution in [-0.2, 0) is 9.59 Å². The first-order valence-electron chi connectivity index (χ1n) is 8.06. The fourth-order valence-corrected chi connectivity index (χ4v) is 2.54. The lowest BCUT2D eigenvalue weighted by Gasteiger charge is -2.27. The van der Waals surface area contributed by atoms with Gasteiger partial charge in [0.05, 0.1) is 0 Å². The zero-order valence-corrected chi connectivity index (χ0v) is 14.4. The molecule has 1 aromatic rings. The molecule has 0 bridgehead atoms. The number of benzene rings is 1. The molecule has 0 fully saturated rings. The predicted molar refractivity (Wildman–Crippen MR) is 95.4 cm³/mol. The van der Waals surface area contributed by atoms with Crippen LogP contribution in [0.5, 0.6) is 5.75 Å². The first-order valence-corrected chi connectivity index (χ1v) is 8.06. The van der Waals surface area contributed by atoms with Gasteiger partial charge in [-0.25, -0.2) is 0 Å². The summed E-state index contributed by atoms with van der Waals surface area (Å²) in [7, 11) is 0. The summed E-state index contributed by atoms with van der Waals surface area (Å²) in [6.45, 7) is 7.81.